The van der Waals surface area contributed by atoms with E-state index in [4.69, 9.17) is 4.74 Å². The number of benzene rings is 1. The number of hydrogen-bond donors (Lipinski definition) is 2. The van der Waals surface area contributed by atoms with Gasteiger partial charge < -0.3 is 15.4 Å². The van der Waals surface area contributed by atoms with Crippen molar-refractivity contribution in [1.29, 1.82) is 0 Å². The SMILES string of the molecule is O=C(CC1COCCN1)Nc1cnn(-c2ccccc2F)c1. The van der Waals surface area contributed by atoms with Crippen LogP contribution in [-0.2, 0) is 9.53 Å². The van der Waals surface area contributed by atoms with Crippen LogP contribution in [0.25, 0.3) is 5.69 Å². The van der Waals surface area contributed by atoms with Crippen molar-refractivity contribution < 1.29 is 13.9 Å². The quantitative estimate of drug-likeness (QED) is 0.894. The molecule has 1 saturated heterocycles. The minimum atomic E-state index is -0.368. The molecule has 0 bridgehead atoms. The minimum absolute atomic E-state index is 0.0235. The summed E-state index contributed by atoms with van der Waals surface area (Å²) in [7, 11) is 0. The van der Waals surface area contributed by atoms with Crippen LogP contribution in [0.2, 0.25) is 0 Å². The largest absolute Gasteiger partial charge is 0.378 e. The van der Waals surface area contributed by atoms with E-state index >= 15 is 0 Å². The lowest BCUT2D eigenvalue weighted by Crippen LogP contribution is -2.43. The van der Waals surface area contributed by atoms with E-state index in [1.807, 2.05) is 0 Å². The lowest BCUT2D eigenvalue weighted by Gasteiger charge is -2.23. The number of rotatable bonds is 4. The van der Waals surface area contributed by atoms with Gasteiger partial charge in [0.05, 0.1) is 31.3 Å². The number of nitrogens with zero attached hydrogens (tertiary/aromatic N) is 2. The summed E-state index contributed by atoms with van der Waals surface area (Å²) in [5, 5.41) is 10.0. The number of carbonyl (C=O) groups is 1. The molecule has 1 aliphatic heterocycles. The van der Waals surface area contributed by atoms with E-state index in [9.17, 15) is 9.18 Å². The first-order valence-corrected chi connectivity index (χ1v) is 7.13. The molecule has 7 heteroatoms. The number of carbonyl (C=O) groups excluding carboxylic acids is 1. The monoisotopic (exact) mass is 304 g/mol. The van der Waals surface area contributed by atoms with Gasteiger partial charge >= 0.3 is 0 Å². The highest BCUT2D eigenvalue weighted by molar-refractivity contribution is 5.90. The molecule has 6 nitrogen and oxygen atoms in total. The van der Waals surface area contributed by atoms with E-state index in [1.165, 1.54) is 16.9 Å². The molecule has 1 atom stereocenters. The number of morpholine rings is 1. The van der Waals surface area contributed by atoms with Crippen LogP contribution in [0.5, 0.6) is 0 Å². The maximum atomic E-state index is 13.7. The summed E-state index contributed by atoms with van der Waals surface area (Å²) in [6.45, 7) is 1.96. The number of amides is 1. The van der Waals surface area contributed by atoms with Crippen molar-refractivity contribution in [1.82, 2.24) is 15.1 Å². The van der Waals surface area contributed by atoms with Gasteiger partial charge in [0.2, 0.25) is 5.91 Å². The Morgan fingerprint density at radius 2 is 2.36 bits per heavy atom. The van der Waals surface area contributed by atoms with E-state index in [0.29, 0.717) is 31.0 Å². The van der Waals surface area contributed by atoms with Gasteiger partial charge in [0, 0.05) is 19.0 Å². The average Bonchev–Trinajstić information content (AvgIpc) is 2.97. The number of para-hydroxylation sites is 1. The molecule has 3 rings (SSSR count). The molecule has 0 saturated carbocycles. The van der Waals surface area contributed by atoms with Crippen molar-refractivity contribution in [2.45, 2.75) is 12.5 Å². The Kier molecular flexibility index (Phi) is 4.45. The lowest BCUT2D eigenvalue weighted by molar-refractivity contribution is -0.117. The average molecular weight is 304 g/mol. The summed E-state index contributed by atoms with van der Waals surface area (Å²) < 4.78 is 20.4. The van der Waals surface area contributed by atoms with Crippen LogP contribution in [0.15, 0.2) is 36.7 Å². The van der Waals surface area contributed by atoms with Crippen LogP contribution < -0.4 is 10.6 Å². The molecule has 1 aromatic carbocycles. The first-order chi connectivity index (χ1) is 10.7. The van der Waals surface area contributed by atoms with E-state index < -0.39 is 0 Å². The maximum absolute atomic E-state index is 13.7. The van der Waals surface area contributed by atoms with Crippen LogP contribution in [0.3, 0.4) is 0 Å². The molecule has 2 heterocycles. The number of hydrogen-bond acceptors (Lipinski definition) is 4. The van der Waals surface area contributed by atoms with E-state index in [-0.39, 0.29) is 17.8 Å². The number of ether oxygens (including phenoxy) is 1. The lowest BCUT2D eigenvalue weighted by atomic mass is 10.2. The molecule has 1 unspecified atom stereocenters. The van der Waals surface area contributed by atoms with Gasteiger partial charge in [0.1, 0.15) is 11.5 Å². The summed E-state index contributed by atoms with van der Waals surface area (Å²) in [5.74, 6) is -0.497. The van der Waals surface area contributed by atoms with Crippen LogP contribution in [0.4, 0.5) is 10.1 Å². The van der Waals surface area contributed by atoms with Gasteiger partial charge in [-0.15, -0.1) is 0 Å². The summed E-state index contributed by atoms with van der Waals surface area (Å²) in [4.78, 5) is 12.0. The van der Waals surface area contributed by atoms with Gasteiger partial charge in [-0.3, -0.25) is 4.79 Å². The predicted octanol–water partition coefficient (Wildman–Crippen LogP) is 1.33. The molecular formula is C15H17FN4O2. The Morgan fingerprint density at radius 1 is 1.50 bits per heavy atom. The highest BCUT2D eigenvalue weighted by atomic mass is 19.1. The topological polar surface area (TPSA) is 68.2 Å². The molecule has 1 fully saturated rings. The third-order valence-electron chi connectivity index (χ3n) is 3.40. The Balaban J connectivity index is 1.62. The van der Waals surface area contributed by atoms with Crippen LogP contribution in [-0.4, -0.2) is 41.5 Å². The van der Waals surface area contributed by atoms with Crippen molar-refractivity contribution in [3.63, 3.8) is 0 Å². The van der Waals surface area contributed by atoms with Crippen molar-refractivity contribution in [3.05, 3.63) is 42.5 Å². The van der Waals surface area contributed by atoms with Gasteiger partial charge in [-0.2, -0.15) is 5.10 Å². The highest BCUT2D eigenvalue weighted by Gasteiger charge is 2.17. The van der Waals surface area contributed by atoms with Gasteiger partial charge in [-0.1, -0.05) is 12.1 Å². The fourth-order valence-corrected chi connectivity index (χ4v) is 2.34. The Hall–Kier alpha value is -2.25. The standard InChI is InChI=1S/C15H17FN4O2/c16-13-3-1-2-4-14(13)20-9-12(8-18-20)19-15(21)7-11-10-22-6-5-17-11/h1-4,8-9,11,17H,5-7,10H2,(H,19,21). The second-order valence-electron chi connectivity index (χ2n) is 5.10. The van der Waals surface area contributed by atoms with E-state index in [1.54, 1.807) is 24.4 Å². The fraction of sp³-hybridized carbons (Fsp3) is 0.333. The molecule has 2 N–H and O–H groups in total. The molecule has 116 valence electrons. The third-order valence-corrected chi connectivity index (χ3v) is 3.40. The Morgan fingerprint density at radius 3 is 3.14 bits per heavy atom. The first kappa shape index (κ1) is 14.7. The third kappa shape index (κ3) is 3.49. The minimum Gasteiger partial charge on any atom is -0.378 e. The smallest absolute Gasteiger partial charge is 0.226 e. The maximum Gasteiger partial charge on any atom is 0.226 e. The molecule has 0 radical (unpaired) electrons. The molecule has 0 spiro atoms. The van der Waals surface area contributed by atoms with Crippen molar-refractivity contribution in [2.75, 3.05) is 25.1 Å². The summed E-state index contributed by atoms with van der Waals surface area (Å²) in [6, 6.07) is 6.36. The molecule has 22 heavy (non-hydrogen) atoms. The van der Waals surface area contributed by atoms with Gasteiger partial charge in [0.25, 0.3) is 0 Å². The summed E-state index contributed by atoms with van der Waals surface area (Å²) >= 11 is 0. The Bertz CT molecular complexity index is 652. The summed E-state index contributed by atoms with van der Waals surface area (Å²) in [5.41, 5.74) is 0.871. The number of halogens is 1. The zero-order chi connectivity index (χ0) is 15.4. The van der Waals surface area contributed by atoms with Crippen LogP contribution in [0, 0.1) is 5.82 Å². The predicted molar refractivity (Wildman–Crippen MR) is 79.4 cm³/mol. The molecule has 1 amide bonds. The fourth-order valence-electron chi connectivity index (χ4n) is 2.34. The van der Waals surface area contributed by atoms with Crippen LogP contribution >= 0.6 is 0 Å². The zero-order valence-electron chi connectivity index (χ0n) is 12.0. The van der Waals surface area contributed by atoms with E-state index in [0.717, 1.165) is 6.54 Å². The molecule has 1 aliphatic rings. The van der Waals surface area contributed by atoms with Crippen molar-refractivity contribution in [3.8, 4) is 5.69 Å². The number of anilines is 1. The van der Waals surface area contributed by atoms with Crippen LogP contribution in [0.1, 0.15) is 6.42 Å². The van der Waals surface area contributed by atoms with Crippen molar-refractivity contribution >= 4 is 11.6 Å². The normalized spacial score (nSPS) is 18.1. The number of nitrogens with one attached hydrogen (secondary N) is 2. The first-order valence-electron chi connectivity index (χ1n) is 7.13. The van der Waals surface area contributed by atoms with Gasteiger partial charge in [-0.05, 0) is 12.1 Å². The molecular weight excluding hydrogens is 287 g/mol. The second-order valence-corrected chi connectivity index (χ2v) is 5.10. The van der Waals surface area contributed by atoms with Gasteiger partial charge in [-0.25, -0.2) is 9.07 Å². The van der Waals surface area contributed by atoms with E-state index in [2.05, 4.69) is 15.7 Å². The second kappa shape index (κ2) is 6.67. The van der Waals surface area contributed by atoms with Crippen molar-refractivity contribution in [2.24, 2.45) is 0 Å². The number of aromatic nitrogens is 2. The molecule has 2 aromatic rings. The molecule has 1 aromatic heterocycles. The highest BCUT2D eigenvalue weighted by Crippen LogP contribution is 2.15. The van der Waals surface area contributed by atoms with Gasteiger partial charge in [0.15, 0.2) is 0 Å². The summed E-state index contributed by atoms with van der Waals surface area (Å²) in [6.07, 6.45) is 3.40. The Labute approximate surface area is 127 Å². The zero-order valence-corrected chi connectivity index (χ0v) is 12.0. The molecule has 0 aliphatic carbocycles.